The van der Waals surface area contributed by atoms with Gasteiger partial charge in [-0.05, 0) is 86.8 Å². The molecule has 0 unspecified atom stereocenters. The normalized spacial score (nSPS) is 32.9. The van der Waals surface area contributed by atoms with Crippen molar-refractivity contribution in [2.24, 2.45) is 28.3 Å². The molecule has 7 heteroatoms. The van der Waals surface area contributed by atoms with Gasteiger partial charge in [0.05, 0.1) is 7.11 Å². The Hall–Kier alpha value is -1.60. The fourth-order valence-electron chi connectivity index (χ4n) is 6.18. The lowest BCUT2D eigenvalue weighted by Gasteiger charge is -2.59. The number of nitrogens with one attached hydrogen (secondary N) is 1. The fraction of sp³-hybridized carbons (Fsp3) is 0.650. The number of methoxy groups -OCH3 is 1. The maximum atomic E-state index is 12.8. The minimum absolute atomic E-state index is 0.0680. The Morgan fingerprint density at radius 1 is 1.19 bits per heavy atom. The topological polar surface area (TPSA) is 98.5 Å². The number of hydrogen-bond donors (Lipinski definition) is 2. The third-order valence-corrected chi connectivity index (χ3v) is 8.02. The molecule has 0 aliphatic heterocycles. The van der Waals surface area contributed by atoms with Crippen molar-refractivity contribution in [3.05, 3.63) is 23.8 Å². The first-order valence-corrected chi connectivity index (χ1v) is 11.3. The maximum absolute atomic E-state index is 12.8. The molecule has 4 bridgehead atoms. The Labute approximate surface area is 160 Å². The molecule has 0 aromatic heterocycles. The van der Waals surface area contributed by atoms with Gasteiger partial charge in [-0.15, -0.1) is 0 Å². The molecule has 27 heavy (non-hydrogen) atoms. The van der Waals surface area contributed by atoms with Gasteiger partial charge < -0.3 is 10.1 Å². The number of nitrogens with two attached hydrogens (primary N) is 1. The van der Waals surface area contributed by atoms with E-state index >= 15 is 0 Å². The van der Waals surface area contributed by atoms with Crippen molar-refractivity contribution in [3.8, 4) is 5.75 Å². The van der Waals surface area contributed by atoms with Crippen LogP contribution in [0.25, 0.3) is 0 Å². The van der Waals surface area contributed by atoms with Gasteiger partial charge in [-0.3, -0.25) is 4.79 Å². The van der Waals surface area contributed by atoms with Crippen molar-refractivity contribution in [1.29, 1.82) is 0 Å². The second-order valence-corrected chi connectivity index (χ2v) is 10.4. The first-order chi connectivity index (χ1) is 12.7. The van der Waals surface area contributed by atoms with Gasteiger partial charge in [-0.2, -0.15) is 0 Å². The van der Waals surface area contributed by atoms with Crippen LogP contribution in [0.3, 0.4) is 0 Å². The monoisotopic (exact) mass is 392 g/mol. The van der Waals surface area contributed by atoms with Crippen LogP contribution in [0.5, 0.6) is 5.75 Å². The summed E-state index contributed by atoms with van der Waals surface area (Å²) in [5, 5.41) is 8.42. The lowest BCUT2D eigenvalue weighted by atomic mass is 9.48. The zero-order chi connectivity index (χ0) is 19.4. The van der Waals surface area contributed by atoms with Gasteiger partial charge in [0.2, 0.25) is 10.0 Å². The van der Waals surface area contributed by atoms with E-state index in [0.717, 1.165) is 17.8 Å². The Morgan fingerprint density at radius 2 is 1.74 bits per heavy atom. The predicted octanol–water partition coefficient (Wildman–Crippen LogP) is 2.68. The number of carbonyl (C=O) groups is 1. The van der Waals surface area contributed by atoms with E-state index in [4.69, 9.17) is 9.88 Å². The number of carbonyl (C=O) groups excluding carboxylic acids is 1. The molecule has 4 fully saturated rings. The number of benzene rings is 1. The molecule has 4 aliphatic carbocycles. The van der Waals surface area contributed by atoms with E-state index in [0.29, 0.717) is 0 Å². The van der Waals surface area contributed by atoms with Crippen LogP contribution in [0.4, 0.5) is 0 Å². The highest BCUT2D eigenvalue weighted by molar-refractivity contribution is 7.89. The van der Waals surface area contributed by atoms with Crippen LogP contribution >= 0.6 is 0 Å². The van der Waals surface area contributed by atoms with Crippen LogP contribution in [-0.4, -0.2) is 27.5 Å². The summed E-state index contributed by atoms with van der Waals surface area (Å²) in [6.45, 7) is 2.11. The van der Waals surface area contributed by atoms with Crippen LogP contribution in [-0.2, 0) is 10.0 Å². The second-order valence-electron chi connectivity index (χ2n) is 8.89. The number of amides is 1. The summed E-state index contributed by atoms with van der Waals surface area (Å²) in [5.74, 6) is 2.32. The Morgan fingerprint density at radius 3 is 2.22 bits per heavy atom. The second kappa shape index (κ2) is 6.48. The lowest BCUT2D eigenvalue weighted by Crippen LogP contribution is -2.55. The average Bonchev–Trinajstić information content (AvgIpc) is 2.59. The minimum Gasteiger partial charge on any atom is -0.495 e. The third-order valence-electron chi connectivity index (χ3n) is 7.08. The van der Waals surface area contributed by atoms with Gasteiger partial charge in [0.1, 0.15) is 10.6 Å². The Bertz CT molecular complexity index is 829. The van der Waals surface area contributed by atoms with Gasteiger partial charge in [-0.1, -0.05) is 0 Å². The summed E-state index contributed by atoms with van der Waals surface area (Å²) in [4.78, 5) is 12.7. The van der Waals surface area contributed by atoms with E-state index in [1.54, 1.807) is 6.07 Å². The van der Waals surface area contributed by atoms with E-state index in [1.165, 1.54) is 57.8 Å². The van der Waals surface area contributed by atoms with Crippen molar-refractivity contribution >= 4 is 15.9 Å². The molecule has 0 spiro atoms. The van der Waals surface area contributed by atoms with Crippen LogP contribution in [0.1, 0.15) is 55.8 Å². The first kappa shape index (κ1) is 18.7. The van der Waals surface area contributed by atoms with Crippen LogP contribution in [0, 0.1) is 23.2 Å². The molecule has 0 radical (unpaired) electrons. The van der Waals surface area contributed by atoms with E-state index in [2.05, 4.69) is 12.2 Å². The highest BCUT2D eigenvalue weighted by Gasteiger charge is 2.53. The van der Waals surface area contributed by atoms with Crippen molar-refractivity contribution in [3.63, 3.8) is 0 Å². The summed E-state index contributed by atoms with van der Waals surface area (Å²) in [7, 11) is -2.60. The molecule has 6 nitrogen and oxygen atoms in total. The minimum atomic E-state index is -3.97. The molecule has 3 N–H and O–H groups in total. The van der Waals surface area contributed by atoms with Gasteiger partial charge in [0, 0.05) is 11.6 Å². The van der Waals surface area contributed by atoms with Gasteiger partial charge in [0.25, 0.3) is 5.91 Å². The summed E-state index contributed by atoms with van der Waals surface area (Å²) < 4.78 is 28.7. The van der Waals surface area contributed by atoms with Crippen LogP contribution < -0.4 is 15.2 Å². The molecule has 4 aliphatic rings. The average molecular weight is 393 g/mol. The standard InChI is InChI=1S/C20H28N2O4S/c1-12(20-9-13-5-14(10-20)7-15(6-13)11-20)22-19(23)16-3-4-17(26-2)18(8-16)27(21,24)25/h3-4,8,12-15H,5-7,9-11H2,1-2H3,(H,22,23)(H2,21,24,25)/t12-,13?,14?,15?,20?/m1/s1. The lowest BCUT2D eigenvalue weighted by molar-refractivity contribution is -0.0688. The van der Waals surface area contributed by atoms with Crippen molar-refractivity contribution in [1.82, 2.24) is 5.32 Å². The highest BCUT2D eigenvalue weighted by Crippen LogP contribution is 2.61. The molecule has 5 rings (SSSR count). The fourth-order valence-corrected chi connectivity index (χ4v) is 6.90. The molecule has 148 valence electrons. The summed E-state index contributed by atoms with van der Waals surface area (Å²) in [6, 6.07) is 4.42. The SMILES string of the molecule is COc1ccc(C(=O)N[C@H](C)C23CC4CC(CC(C4)C2)C3)cc1S(N)(=O)=O. The smallest absolute Gasteiger partial charge is 0.251 e. The van der Waals surface area contributed by atoms with Crippen molar-refractivity contribution in [2.75, 3.05) is 7.11 Å². The van der Waals surface area contributed by atoms with Gasteiger partial charge >= 0.3 is 0 Å². The summed E-state index contributed by atoms with van der Waals surface area (Å²) in [6.07, 6.45) is 7.67. The van der Waals surface area contributed by atoms with E-state index in [1.807, 2.05) is 0 Å². The molecule has 0 saturated heterocycles. The number of rotatable bonds is 5. The quantitative estimate of drug-likeness (QED) is 0.805. The Balaban J connectivity index is 1.54. The Kier molecular flexibility index (Phi) is 4.50. The molecule has 1 amide bonds. The molecular formula is C20H28N2O4S. The maximum Gasteiger partial charge on any atom is 0.251 e. The van der Waals surface area contributed by atoms with Gasteiger partial charge in [0.15, 0.2) is 0 Å². The van der Waals surface area contributed by atoms with Crippen molar-refractivity contribution < 1.29 is 17.9 Å². The first-order valence-electron chi connectivity index (χ1n) is 9.72. The third kappa shape index (κ3) is 3.36. The molecule has 4 saturated carbocycles. The zero-order valence-electron chi connectivity index (χ0n) is 15.9. The number of primary sulfonamides is 1. The van der Waals surface area contributed by atoms with Gasteiger partial charge in [-0.25, -0.2) is 13.6 Å². The number of sulfonamides is 1. The number of hydrogen-bond acceptors (Lipinski definition) is 4. The number of ether oxygens (including phenoxy) is 1. The highest BCUT2D eigenvalue weighted by atomic mass is 32.2. The van der Waals surface area contributed by atoms with E-state index in [-0.39, 0.29) is 33.6 Å². The van der Waals surface area contributed by atoms with Crippen LogP contribution in [0.15, 0.2) is 23.1 Å². The molecule has 1 atom stereocenters. The molecular weight excluding hydrogens is 364 g/mol. The zero-order valence-corrected chi connectivity index (χ0v) is 16.7. The largest absolute Gasteiger partial charge is 0.495 e. The van der Waals surface area contributed by atoms with E-state index < -0.39 is 10.0 Å². The van der Waals surface area contributed by atoms with E-state index in [9.17, 15) is 13.2 Å². The molecule has 0 heterocycles. The summed E-state index contributed by atoms with van der Waals surface area (Å²) in [5.41, 5.74) is 0.482. The predicted molar refractivity (Wildman–Crippen MR) is 102 cm³/mol. The molecule has 1 aromatic carbocycles. The summed E-state index contributed by atoms with van der Waals surface area (Å²) >= 11 is 0. The molecule has 1 aromatic rings. The van der Waals surface area contributed by atoms with Crippen molar-refractivity contribution in [2.45, 2.75) is 56.4 Å². The van der Waals surface area contributed by atoms with Crippen LogP contribution in [0.2, 0.25) is 0 Å².